The van der Waals surface area contributed by atoms with E-state index in [4.69, 9.17) is 0 Å². The summed E-state index contributed by atoms with van der Waals surface area (Å²) in [6.45, 7) is 3.58. The van der Waals surface area contributed by atoms with Crippen molar-refractivity contribution in [1.82, 2.24) is 19.5 Å². The Bertz CT molecular complexity index is 581. The van der Waals surface area contributed by atoms with E-state index in [-0.39, 0.29) is 5.91 Å². The van der Waals surface area contributed by atoms with Gasteiger partial charge in [0.05, 0.1) is 10.7 Å². The number of thiazole rings is 1. The van der Waals surface area contributed by atoms with Gasteiger partial charge in [0.2, 0.25) is 0 Å². The second-order valence-electron chi connectivity index (χ2n) is 4.86. The minimum absolute atomic E-state index is 0.0816. The monoisotopic (exact) mass is 308 g/mol. The van der Waals surface area contributed by atoms with E-state index in [1.165, 1.54) is 11.5 Å². The van der Waals surface area contributed by atoms with Crippen LogP contribution in [0, 0.1) is 0 Å². The first kappa shape index (κ1) is 13.6. The van der Waals surface area contributed by atoms with Gasteiger partial charge in [-0.05, 0) is 30.8 Å². The van der Waals surface area contributed by atoms with Gasteiger partial charge in [0.25, 0.3) is 5.91 Å². The van der Waals surface area contributed by atoms with Gasteiger partial charge in [0.1, 0.15) is 4.88 Å². The molecule has 0 aliphatic carbocycles. The molecule has 0 bridgehead atoms. The highest BCUT2D eigenvalue weighted by Crippen LogP contribution is 2.29. The molecule has 1 aliphatic heterocycles. The van der Waals surface area contributed by atoms with Crippen molar-refractivity contribution in [3.8, 4) is 0 Å². The summed E-state index contributed by atoms with van der Waals surface area (Å²) in [5.41, 5.74) is 0.816. The summed E-state index contributed by atoms with van der Waals surface area (Å²) in [6.07, 6.45) is 4.73. The molecular weight excluding hydrogens is 292 g/mol. The fraction of sp³-hybridized carbons (Fsp3) is 0.538. The van der Waals surface area contributed by atoms with Crippen LogP contribution < -0.4 is 0 Å². The average Bonchev–Trinajstić information content (AvgIpc) is 3.17. The minimum Gasteiger partial charge on any atom is -0.337 e. The maximum absolute atomic E-state index is 12.6. The van der Waals surface area contributed by atoms with Crippen LogP contribution in [0.15, 0.2) is 11.6 Å². The second kappa shape index (κ2) is 5.97. The number of hydrogen-bond acceptors (Lipinski definition) is 6. The zero-order valence-electron chi connectivity index (χ0n) is 11.3. The zero-order valence-corrected chi connectivity index (χ0v) is 12.9. The van der Waals surface area contributed by atoms with Crippen molar-refractivity contribution in [2.75, 3.05) is 13.1 Å². The number of likely N-dealkylation sites (tertiary alicyclic amines) is 1. The van der Waals surface area contributed by atoms with Crippen molar-refractivity contribution < 1.29 is 4.79 Å². The second-order valence-corrected chi connectivity index (χ2v) is 6.54. The van der Waals surface area contributed by atoms with E-state index >= 15 is 0 Å². The highest BCUT2D eigenvalue weighted by Gasteiger charge is 2.29. The maximum Gasteiger partial charge on any atom is 0.267 e. The summed E-state index contributed by atoms with van der Waals surface area (Å²) in [7, 11) is 0. The van der Waals surface area contributed by atoms with E-state index in [1.807, 2.05) is 23.4 Å². The molecule has 0 N–H and O–H groups in total. The third kappa shape index (κ3) is 2.60. The van der Waals surface area contributed by atoms with Crippen molar-refractivity contribution in [2.45, 2.75) is 32.1 Å². The highest BCUT2D eigenvalue weighted by atomic mass is 32.1. The first-order chi connectivity index (χ1) is 9.79. The molecule has 1 saturated heterocycles. The predicted octanol–water partition coefficient (Wildman–Crippen LogP) is 2.58. The topological polar surface area (TPSA) is 59.0 Å². The van der Waals surface area contributed by atoms with Crippen LogP contribution >= 0.6 is 22.9 Å². The summed E-state index contributed by atoms with van der Waals surface area (Å²) >= 11 is 2.89. The van der Waals surface area contributed by atoms with Gasteiger partial charge in [-0.25, -0.2) is 4.98 Å². The molecule has 7 heteroatoms. The van der Waals surface area contributed by atoms with Gasteiger partial charge in [0, 0.05) is 30.6 Å². The van der Waals surface area contributed by atoms with E-state index in [0.717, 1.165) is 43.1 Å². The van der Waals surface area contributed by atoms with Gasteiger partial charge in [-0.3, -0.25) is 4.79 Å². The first-order valence-electron chi connectivity index (χ1n) is 6.79. The molecule has 1 atom stereocenters. The van der Waals surface area contributed by atoms with Crippen LogP contribution in [0.4, 0.5) is 0 Å². The lowest BCUT2D eigenvalue weighted by Gasteiger charge is -2.31. The van der Waals surface area contributed by atoms with E-state index in [2.05, 4.69) is 14.6 Å². The largest absolute Gasteiger partial charge is 0.337 e. The molecular formula is C13H16N4OS2. The van der Waals surface area contributed by atoms with Crippen molar-refractivity contribution in [3.05, 3.63) is 27.2 Å². The van der Waals surface area contributed by atoms with Gasteiger partial charge in [0.15, 0.2) is 0 Å². The molecule has 0 aromatic carbocycles. The van der Waals surface area contributed by atoms with Crippen LogP contribution in [-0.2, 0) is 6.42 Å². The lowest BCUT2D eigenvalue weighted by Crippen LogP contribution is -2.39. The molecule has 0 radical (unpaired) electrons. The number of rotatable bonds is 3. The maximum atomic E-state index is 12.6. The Hall–Kier alpha value is -1.34. The number of nitrogens with zero attached hydrogens (tertiary/aromatic N) is 4. The van der Waals surface area contributed by atoms with Gasteiger partial charge in [-0.2, -0.15) is 0 Å². The molecule has 3 heterocycles. The van der Waals surface area contributed by atoms with Crippen molar-refractivity contribution >= 4 is 28.8 Å². The molecule has 0 unspecified atom stereocenters. The van der Waals surface area contributed by atoms with Crippen LogP contribution in [0.3, 0.4) is 0 Å². The third-order valence-electron chi connectivity index (χ3n) is 3.59. The molecule has 0 saturated carbocycles. The van der Waals surface area contributed by atoms with Gasteiger partial charge < -0.3 is 4.90 Å². The van der Waals surface area contributed by atoms with Crippen molar-refractivity contribution in [3.63, 3.8) is 0 Å². The Morgan fingerprint density at radius 1 is 1.55 bits per heavy atom. The third-order valence-corrected chi connectivity index (χ3v) is 5.29. The highest BCUT2D eigenvalue weighted by molar-refractivity contribution is 7.09. The molecule has 2 aromatic heterocycles. The summed E-state index contributed by atoms with van der Waals surface area (Å²) in [5, 5.41) is 7.17. The number of aromatic nitrogens is 3. The Labute approximate surface area is 125 Å². The number of carbonyl (C=O) groups excluding carboxylic acids is 1. The van der Waals surface area contributed by atoms with Gasteiger partial charge in [-0.1, -0.05) is 11.4 Å². The van der Waals surface area contributed by atoms with Gasteiger partial charge in [-0.15, -0.1) is 16.4 Å². The summed E-state index contributed by atoms with van der Waals surface area (Å²) in [6, 6.07) is 0. The molecule has 0 spiro atoms. The minimum atomic E-state index is 0.0816. The fourth-order valence-corrected chi connectivity index (χ4v) is 4.03. The molecule has 1 fully saturated rings. The van der Waals surface area contributed by atoms with E-state index in [1.54, 1.807) is 11.3 Å². The fourth-order valence-electron chi connectivity index (χ4n) is 2.55. The number of carbonyl (C=O) groups is 1. The van der Waals surface area contributed by atoms with E-state index < -0.39 is 0 Å². The van der Waals surface area contributed by atoms with Gasteiger partial charge >= 0.3 is 0 Å². The summed E-state index contributed by atoms with van der Waals surface area (Å²) in [5.74, 6) is 0.455. The van der Waals surface area contributed by atoms with Crippen LogP contribution in [0.25, 0.3) is 0 Å². The molecule has 5 nitrogen and oxygen atoms in total. The Morgan fingerprint density at radius 3 is 3.20 bits per heavy atom. The van der Waals surface area contributed by atoms with E-state index in [0.29, 0.717) is 10.8 Å². The Kier molecular flexibility index (Phi) is 4.07. The molecule has 3 rings (SSSR count). The lowest BCUT2D eigenvalue weighted by atomic mass is 9.98. The standard InChI is InChI=1S/C13H16N4OS2/c1-2-10-11(20-16-15-10)13(18)17-6-3-4-9(8-17)12-14-5-7-19-12/h5,7,9H,2-4,6,8H2,1H3/t9-/m0/s1. The van der Waals surface area contributed by atoms with Crippen LogP contribution in [0.5, 0.6) is 0 Å². The molecule has 1 amide bonds. The normalized spacial score (nSPS) is 19.2. The van der Waals surface area contributed by atoms with Crippen molar-refractivity contribution in [1.29, 1.82) is 0 Å². The average molecular weight is 308 g/mol. The Morgan fingerprint density at radius 2 is 2.45 bits per heavy atom. The number of aryl methyl sites for hydroxylation is 1. The first-order valence-corrected chi connectivity index (χ1v) is 8.44. The quantitative estimate of drug-likeness (QED) is 0.874. The summed E-state index contributed by atoms with van der Waals surface area (Å²) < 4.78 is 3.91. The zero-order chi connectivity index (χ0) is 13.9. The Balaban J connectivity index is 1.75. The SMILES string of the molecule is CCc1nnsc1C(=O)N1CCC[C@H](c2nccs2)C1. The van der Waals surface area contributed by atoms with Crippen LogP contribution in [0.1, 0.15) is 46.1 Å². The molecule has 20 heavy (non-hydrogen) atoms. The lowest BCUT2D eigenvalue weighted by molar-refractivity contribution is 0.0710. The molecule has 1 aliphatic rings. The number of hydrogen-bond donors (Lipinski definition) is 0. The summed E-state index contributed by atoms with van der Waals surface area (Å²) in [4.78, 5) is 19.6. The van der Waals surface area contributed by atoms with Crippen LogP contribution in [-0.4, -0.2) is 38.5 Å². The number of piperidine rings is 1. The number of amides is 1. The van der Waals surface area contributed by atoms with Crippen LogP contribution in [0.2, 0.25) is 0 Å². The van der Waals surface area contributed by atoms with E-state index in [9.17, 15) is 4.79 Å². The molecule has 2 aromatic rings. The van der Waals surface area contributed by atoms with Crippen molar-refractivity contribution in [2.24, 2.45) is 0 Å². The molecule has 106 valence electrons. The smallest absolute Gasteiger partial charge is 0.267 e. The predicted molar refractivity (Wildman–Crippen MR) is 79.3 cm³/mol.